The summed E-state index contributed by atoms with van der Waals surface area (Å²) in [5.74, 6) is -1.17. The smallest absolute Gasteiger partial charge is 0.326 e. The molecule has 9 heteroatoms. The molecule has 3 N–H and O–H groups in total. The van der Waals surface area contributed by atoms with Crippen LogP contribution in [0, 0.1) is 6.92 Å². The van der Waals surface area contributed by atoms with Crippen LogP contribution < -0.4 is 10.6 Å². The summed E-state index contributed by atoms with van der Waals surface area (Å²) >= 11 is 0. The molecule has 0 aliphatic heterocycles. The first-order valence-electron chi connectivity index (χ1n) is 6.18. The molecule has 0 aromatic carbocycles. The van der Waals surface area contributed by atoms with Gasteiger partial charge in [0, 0.05) is 12.5 Å². The van der Waals surface area contributed by atoms with E-state index in [2.05, 4.69) is 20.5 Å². The molecular weight excluding hydrogens is 282 g/mol. The Morgan fingerprint density at radius 1 is 1.48 bits per heavy atom. The highest BCUT2D eigenvalue weighted by atomic mass is 16.5. The van der Waals surface area contributed by atoms with E-state index >= 15 is 0 Å². The van der Waals surface area contributed by atoms with Gasteiger partial charge in [-0.05, 0) is 13.3 Å². The molecule has 0 spiro atoms. The van der Waals surface area contributed by atoms with Crippen molar-refractivity contribution in [3.63, 3.8) is 0 Å². The quantitative estimate of drug-likeness (QED) is 0.612. The number of carbonyl (C=O) groups is 3. The molecule has 0 saturated heterocycles. The van der Waals surface area contributed by atoms with E-state index < -0.39 is 24.0 Å². The molecule has 1 atom stereocenters. The van der Waals surface area contributed by atoms with Gasteiger partial charge in [0.05, 0.1) is 13.7 Å². The summed E-state index contributed by atoms with van der Waals surface area (Å²) in [7, 11) is 1.21. The van der Waals surface area contributed by atoms with E-state index in [0.717, 1.165) is 0 Å². The summed E-state index contributed by atoms with van der Waals surface area (Å²) in [6, 6.07) is -0.206. The summed E-state index contributed by atoms with van der Waals surface area (Å²) in [6.45, 7) is 1.82. The number of nitrogens with zero attached hydrogens (tertiary/aromatic N) is 1. The van der Waals surface area contributed by atoms with Gasteiger partial charge in [-0.15, -0.1) is 0 Å². The third-order valence-corrected chi connectivity index (χ3v) is 2.58. The summed E-state index contributed by atoms with van der Waals surface area (Å²) in [4.78, 5) is 33.6. The average molecular weight is 299 g/mol. The highest BCUT2D eigenvalue weighted by molar-refractivity contribution is 5.83. The van der Waals surface area contributed by atoms with E-state index in [1.54, 1.807) is 13.0 Å². The number of carbonyl (C=O) groups excluding carboxylic acids is 2. The normalized spacial score (nSPS) is 11.5. The van der Waals surface area contributed by atoms with Gasteiger partial charge in [0.2, 0.25) is 0 Å². The maximum atomic E-state index is 11.6. The van der Waals surface area contributed by atoms with Crippen LogP contribution in [0.15, 0.2) is 10.6 Å². The number of urea groups is 1. The van der Waals surface area contributed by atoms with Crippen LogP contribution in [0.2, 0.25) is 0 Å². The Morgan fingerprint density at radius 3 is 2.71 bits per heavy atom. The zero-order valence-electron chi connectivity index (χ0n) is 11.7. The predicted octanol–water partition coefficient (Wildman–Crippen LogP) is 0.189. The molecule has 0 unspecified atom stereocenters. The van der Waals surface area contributed by atoms with Crippen molar-refractivity contribution in [3.8, 4) is 0 Å². The standard InChI is InChI=1S/C12H17N3O6/c1-7-5-8(15-21-7)6-13-12(19)14-9(11(17)18)3-4-10(16)20-2/h5,9H,3-4,6H2,1-2H3,(H,17,18)(H2,13,14,19)/t9-/m0/s1. The second kappa shape index (κ2) is 7.88. The fourth-order valence-electron chi connectivity index (χ4n) is 1.50. The number of carboxylic acid groups (broad SMARTS) is 1. The van der Waals surface area contributed by atoms with E-state index in [4.69, 9.17) is 9.63 Å². The molecular formula is C12H17N3O6. The number of rotatable bonds is 7. The molecule has 2 amide bonds. The van der Waals surface area contributed by atoms with Crippen molar-refractivity contribution in [2.24, 2.45) is 0 Å². The molecule has 0 radical (unpaired) electrons. The lowest BCUT2D eigenvalue weighted by Gasteiger charge is -2.14. The first-order valence-corrected chi connectivity index (χ1v) is 6.18. The van der Waals surface area contributed by atoms with Gasteiger partial charge in [-0.1, -0.05) is 5.16 Å². The van der Waals surface area contributed by atoms with Crippen molar-refractivity contribution in [1.82, 2.24) is 15.8 Å². The number of carboxylic acids is 1. The molecule has 0 bridgehead atoms. The minimum absolute atomic E-state index is 0.0570. The van der Waals surface area contributed by atoms with Gasteiger partial charge >= 0.3 is 18.0 Å². The summed E-state index contributed by atoms with van der Waals surface area (Å²) in [5, 5.41) is 17.4. The number of aryl methyl sites for hydroxylation is 1. The van der Waals surface area contributed by atoms with Crippen LogP contribution in [-0.2, 0) is 20.9 Å². The molecule has 0 aliphatic rings. The van der Waals surface area contributed by atoms with Crippen LogP contribution in [0.1, 0.15) is 24.3 Å². The number of aromatic nitrogens is 1. The van der Waals surface area contributed by atoms with Crippen molar-refractivity contribution in [2.45, 2.75) is 32.4 Å². The van der Waals surface area contributed by atoms with Crippen LogP contribution in [0.4, 0.5) is 4.79 Å². The van der Waals surface area contributed by atoms with Crippen LogP contribution >= 0.6 is 0 Å². The van der Waals surface area contributed by atoms with Crippen molar-refractivity contribution < 1.29 is 28.8 Å². The number of nitrogens with one attached hydrogen (secondary N) is 2. The molecule has 21 heavy (non-hydrogen) atoms. The fourth-order valence-corrected chi connectivity index (χ4v) is 1.50. The maximum absolute atomic E-state index is 11.6. The fraction of sp³-hybridized carbons (Fsp3) is 0.500. The second-order valence-corrected chi connectivity index (χ2v) is 4.26. The number of amides is 2. The first kappa shape index (κ1) is 16.5. The van der Waals surface area contributed by atoms with E-state index in [1.165, 1.54) is 7.11 Å². The van der Waals surface area contributed by atoms with Gasteiger partial charge in [0.25, 0.3) is 0 Å². The number of hydrogen-bond acceptors (Lipinski definition) is 6. The number of methoxy groups -OCH3 is 1. The molecule has 1 aromatic rings. The Kier molecular flexibility index (Phi) is 6.18. The largest absolute Gasteiger partial charge is 0.480 e. The van der Waals surface area contributed by atoms with Gasteiger partial charge in [0.15, 0.2) is 0 Å². The summed E-state index contributed by atoms with van der Waals surface area (Å²) < 4.78 is 9.24. The summed E-state index contributed by atoms with van der Waals surface area (Å²) in [6.07, 6.45) is -0.158. The lowest BCUT2D eigenvalue weighted by Crippen LogP contribution is -2.46. The minimum Gasteiger partial charge on any atom is -0.480 e. The van der Waals surface area contributed by atoms with Crippen molar-refractivity contribution in [1.29, 1.82) is 0 Å². The molecule has 1 rings (SSSR count). The molecule has 0 saturated carbocycles. The number of esters is 1. The average Bonchev–Trinajstić information content (AvgIpc) is 2.86. The number of ether oxygens (including phenoxy) is 1. The predicted molar refractivity (Wildman–Crippen MR) is 69.3 cm³/mol. The lowest BCUT2D eigenvalue weighted by atomic mass is 10.1. The highest BCUT2D eigenvalue weighted by Crippen LogP contribution is 2.02. The van der Waals surface area contributed by atoms with Crippen LogP contribution in [-0.4, -0.2) is 41.4 Å². The van der Waals surface area contributed by atoms with Gasteiger partial charge < -0.3 is 25.0 Å². The van der Waals surface area contributed by atoms with E-state index in [-0.39, 0.29) is 19.4 Å². The lowest BCUT2D eigenvalue weighted by molar-refractivity contribution is -0.142. The first-order chi connectivity index (χ1) is 9.92. The third kappa shape index (κ3) is 5.93. The van der Waals surface area contributed by atoms with Crippen LogP contribution in [0.3, 0.4) is 0 Å². The van der Waals surface area contributed by atoms with Crippen LogP contribution in [0.5, 0.6) is 0 Å². The number of aliphatic carboxylic acids is 1. The van der Waals surface area contributed by atoms with Crippen molar-refractivity contribution in [3.05, 3.63) is 17.5 Å². The Balaban J connectivity index is 2.41. The van der Waals surface area contributed by atoms with E-state index in [0.29, 0.717) is 11.5 Å². The topological polar surface area (TPSA) is 131 Å². The monoisotopic (exact) mass is 299 g/mol. The highest BCUT2D eigenvalue weighted by Gasteiger charge is 2.21. The van der Waals surface area contributed by atoms with Gasteiger partial charge in [0.1, 0.15) is 17.5 Å². The number of hydrogen-bond donors (Lipinski definition) is 3. The zero-order chi connectivity index (χ0) is 15.8. The van der Waals surface area contributed by atoms with Gasteiger partial charge in [-0.25, -0.2) is 9.59 Å². The molecule has 1 heterocycles. The zero-order valence-corrected chi connectivity index (χ0v) is 11.7. The van der Waals surface area contributed by atoms with Gasteiger partial charge in [-0.3, -0.25) is 4.79 Å². The van der Waals surface area contributed by atoms with Crippen molar-refractivity contribution >= 4 is 18.0 Å². The van der Waals surface area contributed by atoms with Crippen molar-refractivity contribution in [2.75, 3.05) is 7.11 Å². The van der Waals surface area contributed by atoms with Gasteiger partial charge in [-0.2, -0.15) is 0 Å². The Labute approximate surface area is 120 Å². The molecule has 116 valence electrons. The minimum atomic E-state index is -1.23. The van der Waals surface area contributed by atoms with E-state index in [9.17, 15) is 14.4 Å². The third-order valence-electron chi connectivity index (χ3n) is 2.58. The SMILES string of the molecule is COC(=O)CC[C@H](NC(=O)NCc1cc(C)on1)C(=O)O. The Morgan fingerprint density at radius 2 is 2.19 bits per heavy atom. The Hall–Kier alpha value is -2.58. The molecule has 1 aromatic heterocycles. The maximum Gasteiger partial charge on any atom is 0.326 e. The van der Waals surface area contributed by atoms with E-state index in [1.807, 2.05) is 0 Å². The summed E-state index contributed by atoms with van der Waals surface area (Å²) in [5.41, 5.74) is 0.518. The molecule has 0 fully saturated rings. The second-order valence-electron chi connectivity index (χ2n) is 4.26. The Bertz CT molecular complexity index is 513. The molecule has 0 aliphatic carbocycles. The molecule has 9 nitrogen and oxygen atoms in total. The van der Waals surface area contributed by atoms with Crippen LogP contribution in [0.25, 0.3) is 0 Å².